The maximum absolute atomic E-state index is 10.2. The van der Waals surface area contributed by atoms with Gasteiger partial charge in [-0.1, -0.05) is 103 Å². The van der Waals surface area contributed by atoms with E-state index in [1.54, 1.807) is 12.1 Å². The Morgan fingerprint density at radius 2 is 0.560 bits per heavy atom. The van der Waals surface area contributed by atoms with E-state index in [2.05, 4.69) is 72.9 Å². The van der Waals surface area contributed by atoms with Gasteiger partial charge >= 0.3 is 0 Å². The minimum atomic E-state index is 0. The first-order valence-electron chi connectivity index (χ1n) is 16.2. The van der Waals surface area contributed by atoms with Crippen molar-refractivity contribution >= 4 is 56.1 Å². The van der Waals surface area contributed by atoms with Gasteiger partial charge in [-0.2, -0.15) is 0 Å². The standard InChI is InChI=1S/C44H28N4O.H4Si/c49-32-18-16-31(17-19-32)44-39-26-24-37(47-39)42(29-12-6-2-7-13-29)35-22-20-33(45-35)41(28-10-4-1-5-11-28)34-21-23-36(46-34)43(30-14-8-3-9-15-30)38-25-27-40(44)48-38;/h1-27,49H;1H4. The second kappa shape index (κ2) is 12.8. The Hall–Kier alpha value is -6.50. The lowest BCUT2D eigenvalue weighted by Gasteiger charge is -2.12. The SMILES string of the molecule is Oc1ccc(C2=C3C=CC(=N3)C(c3ccccc3)=C3C=CC(=N3)C(c3ccccc3)=C3C=CC(=N3)C(c3ccccc3)=C3C=CC2=N3)cc1.[SiH4]. The summed E-state index contributed by atoms with van der Waals surface area (Å²) in [5.41, 5.74) is 14.2. The molecule has 6 heteroatoms. The Balaban J connectivity index is 0.00000361. The molecule has 5 aliphatic heterocycles. The van der Waals surface area contributed by atoms with Crippen LogP contribution < -0.4 is 0 Å². The van der Waals surface area contributed by atoms with Crippen molar-refractivity contribution in [3.8, 4) is 5.75 Å². The number of phenols is 1. The fourth-order valence-corrected chi connectivity index (χ4v) is 6.71. The number of nitrogens with zero attached hydrogens (tertiary/aromatic N) is 4. The summed E-state index contributed by atoms with van der Waals surface area (Å²) in [5.74, 6) is 0.201. The maximum Gasteiger partial charge on any atom is 0.115 e. The van der Waals surface area contributed by atoms with Crippen LogP contribution in [-0.4, -0.2) is 38.9 Å². The molecule has 5 aliphatic rings. The number of aromatic hydroxyl groups is 1. The molecule has 238 valence electrons. The lowest BCUT2D eigenvalue weighted by atomic mass is 9.98. The number of hydrogen-bond donors (Lipinski definition) is 1. The third kappa shape index (κ3) is 5.47. The van der Waals surface area contributed by atoms with E-state index in [9.17, 15) is 5.11 Å². The largest absolute Gasteiger partial charge is 0.508 e. The van der Waals surface area contributed by atoms with Crippen LogP contribution in [-0.2, 0) is 0 Å². The highest BCUT2D eigenvalue weighted by molar-refractivity contribution is 6.39. The molecule has 8 bridgehead atoms. The lowest BCUT2D eigenvalue weighted by molar-refractivity contribution is 0.475. The van der Waals surface area contributed by atoms with Gasteiger partial charge in [0.1, 0.15) is 5.75 Å². The van der Waals surface area contributed by atoms with Gasteiger partial charge in [0.15, 0.2) is 0 Å². The summed E-state index contributed by atoms with van der Waals surface area (Å²) in [6.07, 6.45) is 16.5. The Morgan fingerprint density at radius 3 is 0.840 bits per heavy atom. The smallest absolute Gasteiger partial charge is 0.115 e. The molecule has 0 radical (unpaired) electrons. The number of benzene rings is 4. The predicted molar refractivity (Wildman–Crippen MR) is 213 cm³/mol. The topological polar surface area (TPSA) is 69.7 Å². The third-order valence-corrected chi connectivity index (χ3v) is 8.95. The number of allylic oxidation sites excluding steroid dienone is 12. The Kier molecular flexibility index (Phi) is 7.91. The monoisotopic (exact) mass is 660 g/mol. The number of fused-ring (bicyclic) bond motifs is 4. The fraction of sp³-hybridized carbons (Fsp3) is 0. The fourth-order valence-electron chi connectivity index (χ4n) is 6.71. The van der Waals surface area contributed by atoms with Crippen LogP contribution >= 0.6 is 0 Å². The minimum absolute atomic E-state index is 0. The molecule has 1 N–H and O–H groups in total. The van der Waals surface area contributed by atoms with Crippen LogP contribution in [0.1, 0.15) is 22.3 Å². The van der Waals surface area contributed by atoms with Crippen LogP contribution in [0, 0.1) is 0 Å². The van der Waals surface area contributed by atoms with Gasteiger partial charge in [-0.3, -0.25) is 0 Å². The summed E-state index contributed by atoms with van der Waals surface area (Å²) in [7, 11) is 0. The molecule has 0 fully saturated rings. The van der Waals surface area contributed by atoms with Gasteiger partial charge in [-0.05, 0) is 94.0 Å². The molecular formula is C44H32N4OSi. The van der Waals surface area contributed by atoms with E-state index in [0.717, 1.165) is 90.2 Å². The molecule has 0 atom stereocenters. The van der Waals surface area contributed by atoms with Gasteiger partial charge in [0.2, 0.25) is 0 Å². The quantitative estimate of drug-likeness (QED) is 0.222. The number of aliphatic imine (C=N–C) groups is 4. The second-order valence-corrected chi connectivity index (χ2v) is 12.0. The van der Waals surface area contributed by atoms with Crippen molar-refractivity contribution in [2.75, 3.05) is 0 Å². The molecule has 4 aromatic rings. The Morgan fingerprint density at radius 1 is 0.300 bits per heavy atom. The molecule has 5 nitrogen and oxygen atoms in total. The molecule has 0 amide bonds. The van der Waals surface area contributed by atoms with Crippen LogP contribution in [0.3, 0.4) is 0 Å². The van der Waals surface area contributed by atoms with E-state index < -0.39 is 0 Å². The molecule has 50 heavy (non-hydrogen) atoms. The molecule has 4 aromatic carbocycles. The first-order valence-corrected chi connectivity index (χ1v) is 16.2. The van der Waals surface area contributed by atoms with Gasteiger partial charge in [-0.15, -0.1) is 0 Å². The van der Waals surface area contributed by atoms with Gasteiger partial charge in [0, 0.05) is 22.3 Å². The Labute approximate surface area is 295 Å². The predicted octanol–water partition coefficient (Wildman–Crippen LogP) is 7.94. The van der Waals surface area contributed by atoms with Crippen molar-refractivity contribution in [1.82, 2.24) is 0 Å². The van der Waals surface area contributed by atoms with Crippen LogP contribution in [0.25, 0.3) is 22.3 Å². The zero-order chi connectivity index (χ0) is 32.7. The summed E-state index contributed by atoms with van der Waals surface area (Å²) < 4.78 is 0. The molecule has 9 rings (SSSR count). The van der Waals surface area contributed by atoms with Gasteiger partial charge in [0.25, 0.3) is 0 Å². The summed E-state index contributed by atoms with van der Waals surface area (Å²) in [6, 6.07) is 38.1. The average Bonchev–Trinajstić information content (AvgIpc) is 3.98. The zero-order valence-corrected chi connectivity index (χ0v) is 26.3. The van der Waals surface area contributed by atoms with Crippen molar-refractivity contribution in [3.05, 3.63) is 209 Å². The summed E-state index contributed by atoms with van der Waals surface area (Å²) in [4.78, 5) is 21.1. The number of rotatable bonds is 4. The highest BCUT2D eigenvalue weighted by Crippen LogP contribution is 2.38. The van der Waals surface area contributed by atoms with E-state index in [1.807, 2.05) is 78.9 Å². The zero-order valence-electron chi connectivity index (χ0n) is 26.3. The number of phenolic OH excluding ortho intramolecular Hbond substituents is 1. The van der Waals surface area contributed by atoms with Crippen molar-refractivity contribution in [2.24, 2.45) is 20.0 Å². The molecule has 5 heterocycles. The van der Waals surface area contributed by atoms with E-state index in [-0.39, 0.29) is 16.7 Å². The summed E-state index contributed by atoms with van der Waals surface area (Å²) >= 11 is 0. The van der Waals surface area contributed by atoms with E-state index in [4.69, 9.17) is 20.0 Å². The summed E-state index contributed by atoms with van der Waals surface area (Å²) in [5, 5.41) is 10.2. The maximum atomic E-state index is 10.2. The van der Waals surface area contributed by atoms with Crippen LogP contribution in [0.4, 0.5) is 0 Å². The average molecular weight is 661 g/mol. The normalized spacial score (nSPS) is 17.4. The molecule has 0 spiro atoms. The minimum Gasteiger partial charge on any atom is -0.508 e. The molecule has 0 unspecified atom stereocenters. The van der Waals surface area contributed by atoms with Crippen molar-refractivity contribution in [2.45, 2.75) is 0 Å². The molecule has 0 aliphatic carbocycles. The van der Waals surface area contributed by atoms with Crippen LogP contribution in [0.15, 0.2) is 207 Å². The Bertz CT molecular complexity index is 2400. The van der Waals surface area contributed by atoms with Gasteiger partial charge in [-0.25, -0.2) is 20.0 Å². The van der Waals surface area contributed by atoms with E-state index in [1.165, 1.54) is 0 Å². The lowest BCUT2D eigenvalue weighted by Crippen LogP contribution is -2.03. The van der Waals surface area contributed by atoms with Crippen LogP contribution in [0.2, 0.25) is 0 Å². The highest BCUT2D eigenvalue weighted by atomic mass is 28.1. The first kappa shape index (κ1) is 30.8. The van der Waals surface area contributed by atoms with Crippen molar-refractivity contribution < 1.29 is 5.11 Å². The number of hydrogen-bond acceptors (Lipinski definition) is 5. The highest BCUT2D eigenvalue weighted by Gasteiger charge is 2.27. The molecule has 0 saturated carbocycles. The van der Waals surface area contributed by atoms with Crippen LogP contribution in [0.5, 0.6) is 5.75 Å². The first-order chi connectivity index (χ1) is 24.2. The summed E-state index contributed by atoms with van der Waals surface area (Å²) in [6.45, 7) is 0. The van der Waals surface area contributed by atoms with E-state index >= 15 is 0 Å². The van der Waals surface area contributed by atoms with Crippen molar-refractivity contribution in [3.63, 3.8) is 0 Å². The van der Waals surface area contributed by atoms with Gasteiger partial charge in [0.05, 0.1) is 45.6 Å². The van der Waals surface area contributed by atoms with Crippen molar-refractivity contribution in [1.29, 1.82) is 0 Å². The molecular weight excluding hydrogens is 629 g/mol. The molecule has 0 saturated heterocycles. The van der Waals surface area contributed by atoms with E-state index in [0.29, 0.717) is 0 Å². The molecule has 0 aromatic heterocycles. The van der Waals surface area contributed by atoms with Gasteiger partial charge < -0.3 is 5.11 Å². The third-order valence-electron chi connectivity index (χ3n) is 8.95. The second-order valence-electron chi connectivity index (χ2n) is 12.0.